The van der Waals surface area contributed by atoms with Gasteiger partial charge in [0.05, 0.1) is 42.3 Å². The van der Waals surface area contributed by atoms with Crippen molar-refractivity contribution in [1.29, 1.82) is 0 Å². The fourth-order valence-electron chi connectivity index (χ4n) is 4.23. The van der Waals surface area contributed by atoms with Gasteiger partial charge in [-0.1, -0.05) is 5.16 Å². The van der Waals surface area contributed by atoms with E-state index in [0.29, 0.717) is 31.0 Å². The van der Waals surface area contributed by atoms with Crippen molar-refractivity contribution in [3.8, 4) is 11.5 Å². The van der Waals surface area contributed by atoms with Crippen LogP contribution >= 0.6 is 0 Å². The van der Waals surface area contributed by atoms with Crippen molar-refractivity contribution in [2.24, 2.45) is 0 Å². The molecule has 2 aliphatic rings. The molecule has 1 unspecified atom stereocenters. The van der Waals surface area contributed by atoms with Crippen LogP contribution in [0.4, 0.5) is 5.69 Å². The van der Waals surface area contributed by atoms with Gasteiger partial charge in [-0.3, -0.25) is 9.59 Å². The van der Waals surface area contributed by atoms with Crippen LogP contribution in [0.1, 0.15) is 38.4 Å². The second-order valence-corrected chi connectivity index (χ2v) is 8.08. The van der Waals surface area contributed by atoms with Gasteiger partial charge in [0, 0.05) is 38.3 Å². The van der Waals surface area contributed by atoms with Crippen molar-refractivity contribution < 1.29 is 18.8 Å². The van der Waals surface area contributed by atoms with E-state index in [1.54, 1.807) is 17.1 Å². The maximum atomic E-state index is 12.5. The van der Waals surface area contributed by atoms with Crippen molar-refractivity contribution in [3.63, 3.8) is 0 Å². The van der Waals surface area contributed by atoms with Crippen molar-refractivity contribution in [2.75, 3.05) is 25.0 Å². The highest BCUT2D eigenvalue weighted by atomic mass is 16.5. The molecule has 2 fully saturated rings. The number of aryl methyl sites for hydroxylation is 1. The maximum Gasteiger partial charge on any atom is 0.307 e. The van der Waals surface area contributed by atoms with Crippen molar-refractivity contribution in [1.82, 2.24) is 29.8 Å². The van der Waals surface area contributed by atoms with Crippen LogP contribution < -0.4 is 5.32 Å². The Morgan fingerprint density at radius 3 is 2.91 bits per heavy atom. The molecule has 0 saturated carbocycles. The molecule has 3 aromatic heterocycles. The Hall–Kier alpha value is -3.50. The minimum absolute atomic E-state index is 0.00622. The van der Waals surface area contributed by atoms with E-state index >= 15 is 0 Å². The Bertz CT molecular complexity index is 1150. The molecule has 0 spiro atoms. The number of cyclic esters (lactones) is 1. The summed E-state index contributed by atoms with van der Waals surface area (Å²) in [6, 6.07) is -0.0929. The fourth-order valence-corrected chi connectivity index (χ4v) is 4.23. The Morgan fingerprint density at radius 1 is 1.28 bits per heavy atom. The van der Waals surface area contributed by atoms with Crippen LogP contribution in [0.15, 0.2) is 16.9 Å². The summed E-state index contributed by atoms with van der Waals surface area (Å²) >= 11 is 0. The number of likely N-dealkylation sites (tertiary alicyclic amines) is 1. The molecule has 0 bridgehead atoms. The number of carbonyl (C=O) groups excluding carboxylic acids is 2. The largest absolute Gasteiger partial charge is 0.466 e. The number of esters is 1. The number of nitrogens with zero attached hydrogens (tertiary/aromatic N) is 6. The number of amides is 1. The molecule has 0 aliphatic carbocycles. The number of rotatable bonds is 6. The lowest BCUT2D eigenvalue weighted by Crippen LogP contribution is -2.31. The molecule has 11 nitrogen and oxygen atoms in total. The third kappa shape index (κ3) is 3.90. The maximum absolute atomic E-state index is 12.5. The van der Waals surface area contributed by atoms with Gasteiger partial charge in [0.15, 0.2) is 11.5 Å². The molecule has 5 heterocycles. The Kier molecular flexibility index (Phi) is 5.46. The molecule has 3 aromatic rings. The summed E-state index contributed by atoms with van der Waals surface area (Å²) in [7, 11) is 0. The number of hydrogen-bond acceptors (Lipinski definition) is 9. The number of pyridine rings is 1. The highest BCUT2D eigenvalue weighted by Gasteiger charge is 2.26. The first-order valence-electron chi connectivity index (χ1n) is 11.0. The van der Waals surface area contributed by atoms with Crippen LogP contribution in [-0.4, -0.2) is 67.4 Å². The first-order valence-corrected chi connectivity index (χ1v) is 11.0. The number of hydrogen-bond donors (Lipinski definition) is 1. The second-order valence-electron chi connectivity index (χ2n) is 8.08. The van der Waals surface area contributed by atoms with Gasteiger partial charge in [0.25, 0.3) is 5.89 Å². The van der Waals surface area contributed by atoms with Gasteiger partial charge in [-0.05, 0) is 19.8 Å². The molecular formula is C21H25N7O4. The summed E-state index contributed by atoms with van der Waals surface area (Å²) in [5.41, 5.74) is 2.07. The molecule has 1 atom stereocenters. The average molecular weight is 439 g/mol. The molecule has 168 valence electrons. The van der Waals surface area contributed by atoms with E-state index in [4.69, 9.17) is 9.26 Å². The summed E-state index contributed by atoms with van der Waals surface area (Å²) in [6.07, 6.45) is 6.53. The van der Waals surface area contributed by atoms with Gasteiger partial charge in [0.1, 0.15) is 0 Å². The zero-order chi connectivity index (χ0) is 22.1. The third-order valence-corrected chi connectivity index (χ3v) is 5.92. The number of fused-ring (bicyclic) bond motifs is 1. The predicted octanol–water partition coefficient (Wildman–Crippen LogP) is 1.78. The zero-order valence-electron chi connectivity index (χ0n) is 17.9. The molecule has 5 rings (SSSR count). The molecule has 1 N–H and O–H groups in total. The lowest BCUT2D eigenvalue weighted by Gasteiger charge is -2.24. The van der Waals surface area contributed by atoms with Gasteiger partial charge in [-0.15, -0.1) is 0 Å². The summed E-state index contributed by atoms with van der Waals surface area (Å²) in [6.45, 7) is 4.60. The minimum atomic E-state index is -0.231. The average Bonchev–Trinajstić information content (AvgIpc) is 3.55. The van der Waals surface area contributed by atoms with E-state index in [-0.39, 0.29) is 36.7 Å². The minimum Gasteiger partial charge on any atom is -0.466 e. The van der Waals surface area contributed by atoms with E-state index in [2.05, 4.69) is 25.5 Å². The Morgan fingerprint density at radius 2 is 2.12 bits per heavy atom. The van der Waals surface area contributed by atoms with Gasteiger partial charge >= 0.3 is 5.97 Å². The van der Waals surface area contributed by atoms with Gasteiger partial charge in [-0.25, -0.2) is 9.67 Å². The molecule has 1 amide bonds. The van der Waals surface area contributed by atoms with Crippen LogP contribution in [0.3, 0.4) is 0 Å². The van der Waals surface area contributed by atoms with Crippen LogP contribution in [0.5, 0.6) is 0 Å². The Labute approximate surface area is 184 Å². The monoisotopic (exact) mass is 439 g/mol. The Balaban J connectivity index is 1.47. The van der Waals surface area contributed by atoms with Crippen molar-refractivity contribution in [3.05, 3.63) is 18.2 Å². The number of nitrogens with one attached hydrogen (secondary N) is 1. The summed E-state index contributed by atoms with van der Waals surface area (Å²) in [5.74, 6) is 0.388. The van der Waals surface area contributed by atoms with Gasteiger partial charge < -0.3 is 19.5 Å². The van der Waals surface area contributed by atoms with E-state index in [9.17, 15) is 9.59 Å². The first kappa shape index (κ1) is 20.4. The topological polar surface area (TPSA) is 128 Å². The number of aromatic nitrogens is 5. The summed E-state index contributed by atoms with van der Waals surface area (Å²) in [4.78, 5) is 35.1. The van der Waals surface area contributed by atoms with E-state index in [0.717, 1.165) is 42.7 Å². The first-order chi connectivity index (χ1) is 15.6. The SMILES string of the molecule is CCn1ncc2c(NC3CCOC(=O)C3)c(-c3nc(CC(=O)N4CCCC4)no3)cnc21. The van der Waals surface area contributed by atoms with E-state index in [1.807, 2.05) is 11.8 Å². The van der Waals surface area contributed by atoms with E-state index < -0.39 is 0 Å². The van der Waals surface area contributed by atoms with Crippen LogP contribution in [0.2, 0.25) is 0 Å². The normalized spacial score (nSPS) is 18.8. The van der Waals surface area contributed by atoms with Gasteiger partial charge in [-0.2, -0.15) is 10.1 Å². The summed E-state index contributed by atoms with van der Waals surface area (Å²) < 4.78 is 12.4. The molecule has 32 heavy (non-hydrogen) atoms. The van der Waals surface area contributed by atoms with Crippen LogP contribution in [0, 0.1) is 0 Å². The molecule has 11 heteroatoms. The highest BCUT2D eigenvalue weighted by Crippen LogP contribution is 2.34. The molecule has 0 radical (unpaired) electrons. The van der Waals surface area contributed by atoms with Crippen LogP contribution in [-0.2, 0) is 27.3 Å². The lowest BCUT2D eigenvalue weighted by atomic mass is 10.1. The van der Waals surface area contributed by atoms with Gasteiger partial charge in [0.2, 0.25) is 5.91 Å². The van der Waals surface area contributed by atoms with Crippen LogP contribution in [0.25, 0.3) is 22.5 Å². The lowest BCUT2D eigenvalue weighted by molar-refractivity contribution is -0.147. The predicted molar refractivity (Wildman–Crippen MR) is 114 cm³/mol. The quantitative estimate of drug-likeness (QED) is 0.572. The molecule has 0 aromatic carbocycles. The molecular weight excluding hydrogens is 414 g/mol. The smallest absolute Gasteiger partial charge is 0.307 e. The standard InChI is InChI=1S/C21H25N7O4/c1-2-28-20-14(12-23-28)19(24-13-5-8-31-18(30)9-13)15(11-22-20)21-25-16(26-32-21)10-17(29)27-6-3-4-7-27/h11-13H,2-10H2,1H3,(H,22,24). The zero-order valence-corrected chi connectivity index (χ0v) is 17.9. The fraction of sp³-hybridized carbons (Fsp3) is 0.524. The number of ether oxygens (including phenoxy) is 1. The van der Waals surface area contributed by atoms with Crippen molar-refractivity contribution in [2.45, 2.75) is 51.6 Å². The summed E-state index contributed by atoms with van der Waals surface area (Å²) in [5, 5.41) is 12.7. The highest BCUT2D eigenvalue weighted by molar-refractivity contribution is 5.96. The molecule has 2 saturated heterocycles. The number of anilines is 1. The molecule has 2 aliphatic heterocycles. The third-order valence-electron chi connectivity index (χ3n) is 5.92. The van der Waals surface area contributed by atoms with E-state index in [1.165, 1.54) is 0 Å². The second kappa shape index (κ2) is 8.56. The number of carbonyl (C=O) groups is 2. The van der Waals surface area contributed by atoms with Crippen molar-refractivity contribution >= 4 is 28.6 Å².